The number of alkyl halides is 2. The molecule has 0 aromatic heterocycles. The summed E-state index contributed by atoms with van der Waals surface area (Å²) in [6, 6.07) is 0. The van der Waals surface area contributed by atoms with E-state index in [-0.39, 0.29) is 5.92 Å². The number of hydrogen-bond donors (Lipinski definition) is 2. The zero-order valence-electron chi connectivity index (χ0n) is 21.4. The van der Waals surface area contributed by atoms with Crippen molar-refractivity contribution in [1.29, 1.82) is 0 Å². The van der Waals surface area contributed by atoms with Crippen LogP contribution in [-0.2, 0) is 0 Å². The van der Waals surface area contributed by atoms with Crippen molar-refractivity contribution < 1.29 is 19.0 Å². The summed E-state index contributed by atoms with van der Waals surface area (Å²) in [4.78, 5) is 2.43. The van der Waals surface area contributed by atoms with Gasteiger partial charge in [0.15, 0.2) is 0 Å². The average molecular weight is 478 g/mol. The van der Waals surface area contributed by atoms with Gasteiger partial charge >= 0.3 is 0 Å². The van der Waals surface area contributed by atoms with Gasteiger partial charge in [-0.15, -0.1) is 0 Å². The first-order valence-corrected chi connectivity index (χ1v) is 13.6. The lowest BCUT2D eigenvalue weighted by molar-refractivity contribution is 0.0227. The summed E-state index contributed by atoms with van der Waals surface area (Å²) in [6.07, 6.45) is 8.89. The third kappa shape index (κ3) is 5.08. The first-order chi connectivity index (χ1) is 16.1. The number of aliphatic hydroxyl groups is 2. The van der Waals surface area contributed by atoms with Crippen LogP contribution in [0.4, 0.5) is 8.78 Å². The van der Waals surface area contributed by atoms with Crippen molar-refractivity contribution in [3.8, 4) is 0 Å². The third-order valence-corrected chi connectivity index (χ3v) is 10.1. The van der Waals surface area contributed by atoms with E-state index >= 15 is 0 Å². The summed E-state index contributed by atoms with van der Waals surface area (Å²) in [5.74, 6) is 1.23. The highest BCUT2D eigenvalue weighted by Crippen LogP contribution is 2.59. The Morgan fingerprint density at radius 3 is 2.53 bits per heavy atom. The van der Waals surface area contributed by atoms with E-state index in [1.165, 1.54) is 31.3 Å². The van der Waals surface area contributed by atoms with Crippen LogP contribution in [0.1, 0.15) is 72.1 Å². The smallest absolute Gasteiger partial charge is 0.241 e. The number of nitrogens with zero attached hydrogens (tertiary/aromatic N) is 1. The van der Waals surface area contributed by atoms with Crippen LogP contribution in [0.2, 0.25) is 0 Å². The summed E-state index contributed by atoms with van der Waals surface area (Å²) in [5, 5.41) is 20.8. The van der Waals surface area contributed by atoms with Crippen molar-refractivity contribution in [2.45, 2.75) is 90.8 Å². The van der Waals surface area contributed by atoms with E-state index < -0.39 is 24.6 Å². The monoisotopic (exact) mass is 477 g/mol. The van der Waals surface area contributed by atoms with Gasteiger partial charge in [-0.1, -0.05) is 45.1 Å². The summed E-state index contributed by atoms with van der Waals surface area (Å²) >= 11 is 0. The molecule has 4 rings (SSSR count). The number of fused-ring (bicyclic) bond motifs is 1. The predicted molar refractivity (Wildman–Crippen MR) is 134 cm³/mol. The fraction of sp³-hybridized carbons (Fsp3) is 0.793. The van der Waals surface area contributed by atoms with E-state index in [4.69, 9.17) is 0 Å². The van der Waals surface area contributed by atoms with Gasteiger partial charge < -0.3 is 15.1 Å². The van der Waals surface area contributed by atoms with Crippen molar-refractivity contribution in [3.05, 3.63) is 35.5 Å². The fourth-order valence-electron chi connectivity index (χ4n) is 7.78. The van der Waals surface area contributed by atoms with Crippen LogP contribution in [0.3, 0.4) is 0 Å². The molecule has 0 aromatic rings. The van der Waals surface area contributed by atoms with Crippen molar-refractivity contribution >= 4 is 0 Å². The molecule has 4 fully saturated rings. The molecule has 34 heavy (non-hydrogen) atoms. The first kappa shape index (κ1) is 26.0. The van der Waals surface area contributed by atoms with Gasteiger partial charge in [0, 0.05) is 18.4 Å². The van der Waals surface area contributed by atoms with E-state index in [1.807, 2.05) is 6.92 Å². The van der Waals surface area contributed by atoms with E-state index in [9.17, 15) is 19.0 Å². The Hall–Kier alpha value is -1.04. The molecule has 0 bridgehead atoms. The molecule has 3 saturated carbocycles. The molecule has 0 radical (unpaired) electrons. The normalized spacial score (nSPS) is 41.4. The van der Waals surface area contributed by atoms with Crippen LogP contribution in [0, 0.1) is 35.0 Å². The van der Waals surface area contributed by atoms with E-state index in [1.54, 1.807) is 0 Å². The summed E-state index contributed by atoms with van der Waals surface area (Å²) in [7, 11) is 0. The Labute approximate surface area is 205 Å². The van der Waals surface area contributed by atoms with Gasteiger partial charge in [-0.25, -0.2) is 8.78 Å². The highest BCUT2D eigenvalue weighted by Gasteiger charge is 2.50. The Bertz CT molecular complexity index is 800. The van der Waals surface area contributed by atoms with Crippen LogP contribution in [-0.4, -0.2) is 53.4 Å². The molecular formula is C29H45F2NO2. The Morgan fingerprint density at radius 2 is 1.85 bits per heavy atom. The summed E-state index contributed by atoms with van der Waals surface area (Å²) < 4.78 is 26.1. The number of piperidine rings is 1. The molecule has 0 aromatic carbocycles. The fourth-order valence-corrected chi connectivity index (χ4v) is 7.78. The van der Waals surface area contributed by atoms with Gasteiger partial charge in [-0.05, 0) is 98.8 Å². The number of hydrogen-bond acceptors (Lipinski definition) is 3. The maximum absolute atomic E-state index is 13.0. The van der Waals surface area contributed by atoms with Gasteiger partial charge in [0.25, 0.3) is 0 Å². The van der Waals surface area contributed by atoms with Crippen LogP contribution >= 0.6 is 0 Å². The molecule has 0 amide bonds. The molecule has 4 aliphatic rings. The number of rotatable bonds is 5. The second-order valence-corrected chi connectivity index (χ2v) is 12.1. The van der Waals surface area contributed by atoms with Gasteiger partial charge in [-0.3, -0.25) is 0 Å². The molecule has 1 saturated heterocycles. The number of aliphatic hydroxyl groups excluding tert-OH is 2. The van der Waals surface area contributed by atoms with Gasteiger partial charge in [0.2, 0.25) is 6.43 Å². The topological polar surface area (TPSA) is 43.7 Å². The minimum Gasteiger partial charge on any atom is -0.392 e. The van der Waals surface area contributed by atoms with Gasteiger partial charge in [-0.2, -0.15) is 0 Å². The Balaban J connectivity index is 1.42. The van der Waals surface area contributed by atoms with E-state index in [0.29, 0.717) is 42.4 Å². The minimum atomic E-state index is -2.17. The van der Waals surface area contributed by atoms with Crippen molar-refractivity contribution in [2.75, 3.05) is 19.6 Å². The van der Waals surface area contributed by atoms with Crippen molar-refractivity contribution in [3.63, 3.8) is 0 Å². The van der Waals surface area contributed by atoms with Crippen LogP contribution in [0.5, 0.6) is 0 Å². The second kappa shape index (κ2) is 10.5. The molecule has 192 valence electrons. The largest absolute Gasteiger partial charge is 0.392 e. The average Bonchev–Trinajstić information content (AvgIpc) is 3.17. The number of likely N-dealkylation sites (tertiary alicyclic amines) is 1. The van der Waals surface area contributed by atoms with Gasteiger partial charge in [0.1, 0.15) is 0 Å². The van der Waals surface area contributed by atoms with Crippen molar-refractivity contribution in [2.24, 2.45) is 35.0 Å². The summed E-state index contributed by atoms with van der Waals surface area (Å²) in [5.41, 5.74) is 3.54. The van der Waals surface area contributed by atoms with Crippen LogP contribution in [0.25, 0.3) is 0 Å². The summed E-state index contributed by atoms with van der Waals surface area (Å²) in [6.45, 7) is 13.5. The number of halogens is 2. The van der Waals surface area contributed by atoms with Gasteiger partial charge in [0.05, 0.1) is 12.2 Å². The predicted octanol–water partition coefficient (Wildman–Crippen LogP) is 5.99. The lowest BCUT2D eigenvalue weighted by Gasteiger charge is -2.45. The molecule has 3 aliphatic carbocycles. The molecule has 0 spiro atoms. The SMILES string of the molecule is C=C1/C(=C\C=C2/CCC[C@]3(C)[C@@H]([C@@H](C)CN4CCC(C(F)F)CC4)CC[C@@H]23)C[C@@H](O)[C@H](C)[C@@H]1O. The van der Waals surface area contributed by atoms with E-state index in [0.717, 1.165) is 37.2 Å². The molecule has 0 unspecified atom stereocenters. The molecule has 7 atom stereocenters. The zero-order chi connectivity index (χ0) is 24.6. The second-order valence-electron chi connectivity index (χ2n) is 12.1. The standard InChI is InChI=1S/C29H45F2NO2/c1-18(17-32-14-11-22(12-15-32)28(30)31)24-9-10-25-21(6-5-13-29(24,25)4)7-8-23-16-26(33)20(3)27(34)19(23)2/h7-8,18,20,22,24-28,33-34H,2,5-6,9-17H2,1,3-4H3/b21-7+,23-8-/t18-,20-,24+,25-,26+,27+,29+/m0/s1. The Morgan fingerprint density at radius 1 is 1.15 bits per heavy atom. The molecular weight excluding hydrogens is 432 g/mol. The maximum Gasteiger partial charge on any atom is 0.241 e. The van der Waals surface area contributed by atoms with Crippen molar-refractivity contribution in [1.82, 2.24) is 4.90 Å². The van der Waals surface area contributed by atoms with E-state index in [2.05, 4.69) is 37.5 Å². The minimum absolute atomic E-state index is 0.173. The molecule has 1 heterocycles. The molecule has 1 aliphatic heterocycles. The first-order valence-electron chi connectivity index (χ1n) is 13.6. The van der Waals surface area contributed by atoms with Crippen LogP contribution in [0.15, 0.2) is 35.5 Å². The zero-order valence-corrected chi connectivity index (χ0v) is 21.4. The highest BCUT2D eigenvalue weighted by atomic mass is 19.3. The lowest BCUT2D eigenvalue weighted by Crippen LogP contribution is -2.42. The van der Waals surface area contributed by atoms with Crippen LogP contribution < -0.4 is 0 Å². The quantitative estimate of drug-likeness (QED) is 0.511. The molecule has 5 heteroatoms. The molecule has 3 nitrogen and oxygen atoms in total. The number of allylic oxidation sites excluding steroid dienone is 3. The maximum atomic E-state index is 13.0. The molecule has 2 N–H and O–H groups in total. The lowest BCUT2D eigenvalue weighted by atomic mass is 9.61. The third-order valence-electron chi connectivity index (χ3n) is 10.1. The highest BCUT2D eigenvalue weighted by molar-refractivity contribution is 5.39. The Kier molecular flexibility index (Phi) is 8.06.